The number of halogens is 2. The molecular formula is C28H24F2N4O2. The lowest BCUT2D eigenvalue weighted by atomic mass is 9.84. The summed E-state index contributed by atoms with van der Waals surface area (Å²) in [5, 5.41) is 8.32. The molecule has 2 aliphatic rings. The van der Waals surface area contributed by atoms with E-state index < -0.39 is 17.9 Å². The van der Waals surface area contributed by atoms with E-state index in [1.54, 1.807) is 40.0 Å². The second-order valence-corrected chi connectivity index (χ2v) is 9.49. The second-order valence-electron chi connectivity index (χ2n) is 9.49. The van der Waals surface area contributed by atoms with Gasteiger partial charge in [0, 0.05) is 23.4 Å². The first kappa shape index (κ1) is 22.4. The van der Waals surface area contributed by atoms with E-state index in [0.717, 1.165) is 30.2 Å². The third kappa shape index (κ3) is 3.92. The summed E-state index contributed by atoms with van der Waals surface area (Å²) in [4.78, 5) is 27.7. The Bertz CT molecular complexity index is 1460. The van der Waals surface area contributed by atoms with Crippen LogP contribution in [-0.4, -0.2) is 27.6 Å². The molecule has 1 N–H and O–H groups in total. The first-order chi connectivity index (χ1) is 17.5. The Balaban J connectivity index is 1.37. The number of carbonyl (C=O) groups excluding carboxylic acids is 2. The number of amides is 2. The summed E-state index contributed by atoms with van der Waals surface area (Å²) in [6.45, 7) is 0. The number of rotatable bonds is 5. The van der Waals surface area contributed by atoms with Crippen molar-refractivity contribution in [1.29, 1.82) is 0 Å². The zero-order valence-corrected chi connectivity index (χ0v) is 19.4. The van der Waals surface area contributed by atoms with E-state index in [9.17, 15) is 18.4 Å². The number of hydrogen-bond acceptors (Lipinski definition) is 3. The van der Waals surface area contributed by atoms with E-state index in [-0.39, 0.29) is 30.0 Å². The molecule has 36 heavy (non-hydrogen) atoms. The molecule has 1 saturated carbocycles. The number of benzene rings is 3. The molecule has 1 aliphatic carbocycles. The number of aromatic nitrogens is 2. The average Bonchev–Trinajstić information content (AvgIpc) is 3.38. The minimum atomic E-state index is -0.540. The van der Waals surface area contributed by atoms with Crippen LogP contribution < -0.4 is 10.2 Å². The maximum Gasteiger partial charge on any atom is 0.229 e. The van der Waals surface area contributed by atoms with Crippen molar-refractivity contribution in [3.63, 3.8) is 0 Å². The molecule has 1 aromatic heterocycles. The molecule has 1 aliphatic heterocycles. The number of carbonyl (C=O) groups is 2. The van der Waals surface area contributed by atoms with Gasteiger partial charge in [-0.05, 0) is 73.0 Å². The molecule has 6 nitrogen and oxygen atoms in total. The Labute approximate surface area is 206 Å². The van der Waals surface area contributed by atoms with Gasteiger partial charge in [0.2, 0.25) is 11.8 Å². The predicted molar refractivity (Wildman–Crippen MR) is 132 cm³/mol. The summed E-state index contributed by atoms with van der Waals surface area (Å²) in [7, 11) is 0. The SMILES string of the molecule is O=C(NC1CC(=O)N(c2ccc3c(cnn3-c3ccc(F)cc3)c2)C1c1cccc(F)c1)C1CCC1. The standard InChI is InChI=1S/C28H24F2N4O2/c29-20-7-9-22(10-8-20)34-25-12-11-23(14-19(25)16-31-34)33-26(35)15-24(32-28(36)17-3-1-4-17)27(33)18-5-2-6-21(30)13-18/h2,5-14,16-17,24,27H,1,3-4,15H2,(H,32,36). The van der Waals surface area contributed by atoms with Gasteiger partial charge in [-0.25, -0.2) is 13.5 Å². The molecule has 0 spiro atoms. The van der Waals surface area contributed by atoms with Gasteiger partial charge in [-0.2, -0.15) is 5.10 Å². The fraction of sp³-hybridized carbons (Fsp3) is 0.250. The topological polar surface area (TPSA) is 67.2 Å². The maximum absolute atomic E-state index is 14.2. The van der Waals surface area contributed by atoms with Gasteiger partial charge in [-0.3, -0.25) is 9.59 Å². The highest BCUT2D eigenvalue weighted by Gasteiger charge is 2.43. The van der Waals surface area contributed by atoms with Crippen molar-refractivity contribution in [2.75, 3.05) is 4.90 Å². The highest BCUT2D eigenvalue weighted by molar-refractivity contribution is 6.00. The zero-order valence-electron chi connectivity index (χ0n) is 19.4. The van der Waals surface area contributed by atoms with Crippen molar-refractivity contribution in [3.8, 4) is 5.69 Å². The van der Waals surface area contributed by atoms with Gasteiger partial charge in [-0.1, -0.05) is 18.6 Å². The molecule has 182 valence electrons. The van der Waals surface area contributed by atoms with Gasteiger partial charge in [0.1, 0.15) is 11.6 Å². The molecule has 4 aromatic rings. The summed E-state index contributed by atoms with van der Waals surface area (Å²) in [5.41, 5.74) is 2.78. The largest absolute Gasteiger partial charge is 0.350 e. The van der Waals surface area contributed by atoms with Crippen molar-refractivity contribution in [3.05, 3.63) is 90.1 Å². The Hall–Kier alpha value is -4.07. The minimum absolute atomic E-state index is 0.0176. The monoisotopic (exact) mass is 486 g/mol. The normalized spacial score (nSPS) is 20.1. The summed E-state index contributed by atoms with van der Waals surface area (Å²) in [6.07, 6.45) is 4.57. The molecule has 6 rings (SSSR count). The quantitative estimate of drug-likeness (QED) is 0.429. The van der Waals surface area contributed by atoms with Crippen molar-refractivity contribution in [2.45, 2.75) is 37.8 Å². The molecule has 0 radical (unpaired) electrons. The lowest BCUT2D eigenvalue weighted by molar-refractivity contribution is -0.128. The van der Waals surface area contributed by atoms with Crippen LogP contribution in [0.2, 0.25) is 0 Å². The lowest BCUT2D eigenvalue weighted by Gasteiger charge is -2.31. The van der Waals surface area contributed by atoms with Gasteiger partial charge in [0.05, 0.1) is 29.5 Å². The van der Waals surface area contributed by atoms with Crippen LogP contribution in [0.5, 0.6) is 0 Å². The number of nitrogens with zero attached hydrogens (tertiary/aromatic N) is 3. The van der Waals surface area contributed by atoms with Crippen molar-refractivity contribution in [2.24, 2.45) is 5.92 Å². The van der Waals surface area contributed by atoms with E-state index in [0.29, 0.717) is 16.9 Å². The first-order valence-corrected chi connectivity index (χ1v) is 12.1. The van der Waals surface area contributed by atoms with Gasteiger partial charge in [0.25, 0.3) is 0 Å². The van der Waals surface area contributed by atoms with Crippen LogP contribution in [0.4, 0.5) is 14.5 Å². The van der Waals surface area contributed by atoms with Gasteiger partial charge >= 0.3 is 0 Å². The molecule has 1 saturated heterocycles. The van der Waals surface area contributed by atoms with Crippen LogP contribution in [0.15, 0.2) is 72.9 Å². The zero-order chi connectivity index (χ0) is 24.8. The average molecular weight is 487 g/mol. The molecule has 2 unspecified atom stereocenters. The molecular weight excluding hydrogens is 462 g/mol. The summed E-state index contributed by atoms with van der Waals surface area (Å²) >= 11 is 0. The molecule has 2 fully saturated rings. The van der Waals surface area contributed by atoms with Gasteiger partial charge in [-0.15, -0.1) is 0 Å². The predicted octanol–water partition coefficient (Wildman–Crippen LogP) is 5.07. The molecule has 8 heteroatoms. The highest BCUT2D eigenvalue weighted by atomic mass is 19.1. The number of anilines is 1. The Morgan fingerprint density at radius 1 is 0.944 bits per heavy atom. The summed E-state index contributed by atoms with van der Waals surface area (Å²) < 4.78 is 29.3. The molecule has 2 atom stereocenters. The minimum Gasteiger partial charge on any atom is -0.350 e. The smallest absolute Gasteiger partial charge is 0.229 e. The van der Waals surface area contributed by atoms with E-state index in [4.69, 9.17) is 0 Å². The third-order valence-electron chi connectivity index (χ3n) is 7.22. The van der Waals surface area contributed by atoms with Crippen LogP contribution >= 0.6 is 0 Å². The Kier molecular flexibility index (Phi) is 5.51. The lowest BCUT2D eigenvalue weighted by Crippen LogP contribution is -2.44. The maximum atomic E-state index is 14.2. The van der Waals surface area contributed by atoms with Crippen molar-refractivity contribution < 1.29 is 18.4 Å². The first-order valence-electron chi connectivity index (χ1n) is 12.1. The number of fused-ring (bicyclic) bond motifs is 1. The van der Waals surface area contributed by atoms with Crippen LogP contribution in [0, 0.1) is 17.6 Å². The molecule has 0 bridgehead atoms. The van der Waals surface area contributed by atoms with Crippen LogP contribution in [0.3, 0.4) is 0 Å². The second kappa shape index (κ2) is 8.86. The number of nitrogens with one attached hydrogen (secondary N) is 1. The van der Waals surface area contributed by atoms with Gasteiger partial charge < -0.3 is 10.2 Å². The summed E-state index contributed by atoms with van der Waals surface area (Å²) in [6, 6.07) is 16.8. The Morgan fingerprint density at radius 3 is 2.44 bits per heavy atom. The van der Waals surface area contributed by atoms with Gasteiger partial charge in [0.15, 0.2) is 0 Å². The van der Waals surface area contributed by atoms with E-state index in [2.05, 4.69) is 10.4 Å². The van der Waals surface area contributed by atoms with Crippen molar-refractivity contribution >= 4 is 28.4 Å². The molecule has 2 heterocycles. The van der Waals surface area contributed by atoms with E-state index in [1.807, 2.05) is 18.2 Å². The number of hydrogen-bond donors (Lipinski definition) is 1. The van der Waals surface area contributed by atoms with E-state index in [1.165, 1.54) is 24.3 Å². The molecule has 3 aromatic carbocycles. The van der Waals surface area contributed by atoms with E-state index >= 15 is 0 Å². The Morgan fingerprint density at radius 2 is 1.72 bits per heavy atom. The fourth-order valence-electron chi connectivity index (χ4n) is 5.17. The molecule has 2 amide bonds. The summed E-state index contributed by atoms with van der Waals surface area (Å²) in [5.74, 6) is -0.929. The third-order valence-corrected chi connectivity index (χ3v) is 7.22. The van der Waals surface area contributed by atoms with Crippen LogP contribution in [0.25, 0.3) is 16.6 Å². The fourth-order valence-corrected chi connectivity index (χ4v) is 5.17. The van der Waals surface area contributed by atoms with Crippen LogP contribution in [0.1, 0.15) is 37.3 Å². The van der Waals surface area contributed by atoms with Crippen LogP contribution in [-0.2, 0) is 9.59 Å². The highest BCUT2D eigenvalue weighted by Crippen LogP contribution is 2.39. The van der Waals surface area contributed by atoms with Crippen molar-refractivity contribution in [1.82, 2.24) is 15.1 Å².